The van der Waals surface area contributed by atoms with Crippen LogP contribution in [0.5, 0.6) is 0 Å². The lowest BCUT2D eigenvalue weighted by molar-refractivity contribution is -0.140. The number of aliphatic hydroxyl groups excluding tert-OH is 1. The van der Waals surface area contributed by atoms with Gasteiger partial charge in [0.1, 0.15) is 6.04 Å². The van der Waals surface area contributed by atoms with Crippen molar-refractivity contribution in [3.05, 3.63) is 0 Å². The molecule has 7 heteroatoms. The van der Waals surface area contributed by atoms with Gasteiger partial charge in [-0.15, -0.1) is 0 Å². The van der Waals surface area contributed by atoms with Crippen molar-refractivity contribution in [3.8, 4) is 0 Å². The van der Waals surface area contributed by atoms with Crippen LogP contribution in [0.15, 0.2) is 0 Å². The fourth-order valence-corrected chi connectivity index (χ4v) is 2.63. The van der Waals surface area contributed by atoms with Gasteiger partial charge in [-0.05, 0) is 26.4 Å². The van der Waals surface area contributed by atoms with Crippen LogP contribution in [-0.2, 0) is 4.79 Å². The molecule has 1 rings (SSSR count). The summed E-state index contributed by atoms with van der Waals surface area (Å²) in [4.78, 5) is 27.1. The van der Waals surface area contributed by atoms with Gasteiger partial charge in [0.15, 0.2) is 0 Å². The average Bonchev–Trinajstić information content (AvgIpc) is 2.74. The van der Waals surface area contributed by atoms with Crippen molar-refractivity contribution in [2.75, 3.05) is 27.2 Å². The van der Waals surface area contributed by atoms with E-state index in [0.29, 0.717) is 19.4 Å². The maximum Gasteiger partial charge on any atom is 0.326 e. The number of likely N-dealkylation sites (N-methyl/N-ethyl adjacent to an activating group) is 1. The Morgan fingerprint density at radius 1 is 1.43 bits per heavy atom. The number of nitrogens with zero attached hydrogens (tertiary/aromatic N) is 2. The summed E-state index contributed by atoms with van der Waals surface area (Å²) in [7, 11) is 3.81. The topological polar surface area (TPSA) is 93.1 Å². The molecule has 1 heterocycles. The Hall–Kier alpha value is -1.34. The van der Waals surface area contributed by atoms with Gasteiger partial charge in [0, 0.05) is 19.1 Å². The van der Waals surface area contributed by atoms with Crippen LogP contribution in [0.1, 0.15) is 26.7 Å². The van der Waals surface area contributed by atoms with Crippen LogP contribution in [0.3, 0.4) is 0 Å². The largest absolute Gasteiger partial charge is 0.480 e. The molecule has 1 aliphatic rings. The van der Waals surface area contributed by atoms with Crippen LogP contribution in [0.2, 0.25) is 0 Å². The number of nitrogens with one attached hydrogen (secondary N) is 1. The molecule has 0 aromatic carbocycles. The monoisotopic (exact) mass is 301 g/mol. The van der Waals surface area contributed by atoms with Gasteiger partial charge in [0.05, 0.1) is 6.10 Å². The van der Waals surface area contributed by atoms with Crippen molar-refractivity contribution >= 4 is 12.0 Å². The Morgan fingerprint density at radius 3 is 2.52 bits per heavy atom. The second kappa shape index (κ2) is 7.61. The minimum Gasteiger partial charge on any atom is -0.480 e. The highest BCUT2D eigenvalue weighted by atomic mass is 16.4. The maximum absolute atomic E-state index is 12.3. The first-order valence-corrected chi connectivity index (χ1v) is 7.39. The number of likely N-dealkylation sites (tertiary alicyclic amines) is 1. The Labute approximate surface area is 125 Å². The fourth-order valence-electron chi connectivity index (χ4n) is 2.63. The van der Waals surface area contributed by atoms with Gasteiger partial charge in [-0.3, -0.25) is 0 Å². The van der Waals surface area contributed by atoms with Crippen molar-refractivity contribution in [1.82, 2.24) is 15.1 Å². The first-order chi connectivity index (χ1) is 9.76. The average molecular weight is 301 g/mol. The van der Waals surface area contributed by atoms with Crippen LogP contribution in [0.25, 0.3) is 0 Å². The third kappa shape index (κ3) is 4.86. The van der Waals surface area contributed by atoms with Gasteiger partial charge in [-0.25, -0.2) is 9.59 Å². The molecule has 1 saturated heterocycles. The van der Waals surface area contributed by atoms with Crippen molar-refractivity contribution < 1.29 is 19.8 Å². The lowest BCUT2D eigenvalue weighted by Gasteiger charge is -2.29. The Kier molecular flexibility index (Phi) is 6.42. The van der Waals surface area contributed by atoms with E-state index in [1.807, 2.05) is 25.9 Å². The molecule has 0 aromatic heterocycles. The number of aliphatic carboxylic acids is 1. The van der Waals surface area contributed by atoms with E-state index in [1.54, 1.807) is 11.8 Å². The van der Waals surface area contributed by atoms with E-state index in [-0.39, 0.29) is 18.5 Å². The summed E-state index contributed by atoms with van der Waals surface area (Å²) in [6.07, 6.45) is 0.640. The minimum absolute atomic E-state index is 0.0959. The van der Waals surface area contributed by atoms with Gasteiger partial charge in [-0.1, -0.05) is 20.3 Å². The highest BCUT2D eigenvalue weighted by Gasteiger charge is 2.36. The highest BCUT2D eigenvalue weighted by molar-refractivity contribution is 5.83. The van der Waals surface area contributed by atoms with Crippen LogP contribution in [0, 0.1) is 5.92 Å². The zero-order valence-corrected chi connectivity index (χ0v) is 13.2. The summed E-state index contributed by atoms with van der Waals surface area (Å²) in [6.45, 7) is 4.58. The van der Waals surface area contributed by atoms with E-state index in [2.05, 4.69) is 5.32 Å². The standard InChI is InChI=1S/C14H27N3O4/c1-5-9(2)12(13(19)20)15-14(21)17-8-11(18)6-10(17)7-16(3)4/h9-12,18H,5-8H2,1-4H3,(H,15,21)(H,19,20). The van der Waals surface area contributed by atoms with E-state index >= 15 is 0 Å². The fraction of sp³-hybridized carbons (Fsp3) is 0.857. The number of urea groups is 1. The van der Waals surface area contributed by atoms with Gasteiger partial charge in [-0.2, -0.15) is 0 Å². The van der Waals surface area contributed by atoms with Crippen LogP contribution in [-0.4, -0.2) is 77.4 Å². The molecule has 0 aromatic rings. The number of hydrogen-bond donors (Lipinski definition) is 3. The maximum atomic E-state index is 12.3. The molecule has 21 heavy (non-hydrogen) atoms. The van der Waals surface area contributed by atoms with E-state index in [4.69, 9.17) is 0 Å². The number of carbonyl (C=O) groups excluding carboxylic acids is 1. The Balaban J connectivity index is 2.73. The first-order valence-electron chi connectivity index (χ1n) is 7.39. The van der Waals surface area contributed by atoms with E-state index in [1.165, 1.54) is 0 Å². The predicted molar refractivity (Wildman–Crippen MR) is 79.1 cm³/mol. The smallest absolute Gasteiger partial charge is 0.326 e. The van der Waals surface area contributed by atoms with Crippen molar-refractivity contribution in [1.29, 1.82) is 0 Å². The quantitative estimate of drug-likeness (QED) is 0.651. The summed E-state index contributed by atoms with van der Waals surface area (Å²) in [5.41, 5.74) is 0. The van der Waals surface area contributed by atoms with E-state index in [9.17, 15) is 19.8 Å². The summed E-state index contributed by atoms with van der Waals surface area (Å²) in [5.74, 6) is -1.17. The van der Waals surface area contributed by atoms with Crippen molar-refractivity contribution in [2.45, 2.75) is 44.9 Å². The molecule has 122 valence electrons. The number of carboxylic acid groups (broad SMARTS) is 1. The molecule has 0 bridgehead atoms. The third-order valence-corrected chi connectivity index (χ3v) is 3.99. The third-order valence-electron chi connectivity index (χ3n) is 3.99. The highest BCUT2D eigenvalue weighted by Crippen LogP contribution is 2.19. The van der Waals surface area contributed by atoms with E-state index in [0.717, 1.165) is 0 Å². The zero-order chi connectivity index (χ0) is 16.2. The molecule has 0 radical (unpaired) electrons. The van der Waals surface area contributed by atoms with Crippen LogP contribution in [0.4, 0.5) is 4.79 Å². The second-order valence-electron chi connectivity index (χ2n) is 6.11. The Morgan fingerprint density at radius 2 is 2.05 bits per heavy atom. The number of β-amino-alcohol motifs (C(OH)–C–C–N with tert-alkyl or cyclic N) is 1. The molecular weight excluding hydrogens is 274 g/mol. The summed E-state index contributed by atoms with van der Waals surface area (Å²) in [5, 5.41) is 21.6. The van der Waals surface area contributed by atoms with Crippen LogP contribution < -0.4 is 5.32 Å². The number of rotatable bonds is 6. The molecule has 0 spiro atoms. The van der Waals surface area contributed by atoms with Gasteiger partial charge < -0.3 is 25.3 Å². The molecule has 3 N–H and O–H groups in total. The predicted octanol–water partition coefficient (Wildman–Crippen LogP) is 0.192. The number of aliphatic hydroxyl groups is 1. The van der Waals surface area contributed by atoms with Gasteiger partial charge in [0.2, 0.25) is 0 Å². The summed E-state index contributed by atoms with van der Waals surface area (Å²) >= 11 is 0. The zero-order valence-electron chi connectivity index (χ0n) is 13.2. The Bertz CT molecular complexity index is 375. The number of carboxylic acids is 1. The van der Waals surface area contributed by atoms with Crippen molar-refractivity contribution in [3.63, 3.8) is 0 Å². The lowest BCUT2D eigenvalue weighted by atomic mass is 9.99. The van der Waals surface area contributed by atoms with Crippen LogP contribution >= 0.6 is 0 Å². The summed E-state index contributed by atoms with van der Waals surface area (Å²) in [6, 6.07) is -1.41. The van der Waals surface area contributed by atoms with Crippen molar-refractivity contribution in [2.24, 2.45) is 5.92 Å². The molecule has 1 aliphatic heterocycles. The number of hydrogen-bond acceptors (Lipinski definition) is 4. The molecule has 4 unspecified atom stereocenters. The van der Waals surface area contributed by atoms with E-state index < -0.39 is 24.1 Å². The molecule has 7 nitrogen and oxygen atoms in total. The molecule has 4 atom stereocenters. The summed E-state index contributed by atoms with van der Waals surface area (Å²) < 4.78 is 0. The lowest BCUT2D eigenvalue weighted by Crippen LogP contribution is -2.53. The molecule has 1 fully saturated rings. The normalized spacial score (nSPS) is 25.0. The van der Waals surface area contributed by atoms with Gasteiger partial charge >= 0.3 is 12.0 Å². The SMILES string of the molecule is CCC(C)C(NC(=O)N1CC(O)CC1CN(C)C)C(=O)O. The first kappa shape index (κ1) is 17.7. The van der Waals surface area contributed by atoms with Gasteiger partial charge in [0.25, 0.3) is 0 Å². The molecule has 0 aliphatic carbocycles. The molecular formula is C14H27N3O4. The molecule has 2 amide bonds. The minimum atomic E-state index is -1.03. The second-order valence-corrected chi connectivity index (χ2v) is 6.11. The number of amides is 2. The number of carbonyl (C=O) groups is 2. The molecule has 0 saturated carbocycles.